The number of aliphatic hydroxyl groups is 1. The van der Waals surface area contributed by atoms with Crippen molar-refractivity contribution in [3.05, 3.63) is 0 Å². The number of nitrogens with one attached hydrogen (secondary N) is 1. The first-order valence-electron chi connectivity index (χ1n) is 6.72. The lowest BCUT2D eigenvalue weighted by Gasteiger charge is -2.22. The van der Waals surface area contributed by atoms with Gasteiger partial charge >= 0.3 is 0 Å². The number of ether oxygens (including phenoxy) is 1. The summed E-state index contributed by atoms with van der Waals surface area (Å²) in [4.78, 5) is 2.46. The second kappa shape index (κ2) is 7.31. The molecule has 4 heteroatoms. The van der Waals surface area contributed by atoms with E-state index in [0.717, 1.165) is 13.1 Å². The summed E-state index contributed by atoms with van der Waals surface area (Å²) in [5.41, 5.74) is -0.170. The lowest BCUT2D eigenvalue weighted by Crippen LogP contribution is -2.37. The zero-order chi connectivity index (χ0) is 12.7. The Labute approximate surface area is 105 Å². The van der Waals surface area contributed by atoms with Crippen LogP contribution in [0.1, 0.15) is 33.6 Å². The van der Waals surface area contributed by atoms with Gasteiger partial charge in [-0.05, 0) is 46.7 Å². The van der Waals surface area contributed by atoms with Crippen LogP contribution in [-0.4, -0.2) is 61.0 Å². The van der Waals surface area contributed by atoms with Crippen molar-refractivity contribution in [2.24, 2.45) is 0 Å². The summed E-state index contributed by atoms with van der Waals surface area (Å²) < 4.78 is 5.52. The highest BCUT2D eigenvalue weighted by Crippen LogP contribution is 2.07. The zero-order valence-electron chi connectivity index (χ0n) is 11.5. The predicted octanol–water partition coefficient (Wildman–Crippen LogP) is 0.848. The minimum atomic E-state index is -0.409. The maximum absolute atomic E-state index is 9.70. The summed E-state index contributed by atoms with van der Waals surface area (Å²) in [6, 6.07) is 0. The van der Waals surface area contributed by atoms with Crippen molar-refractivity contribution in [2.75, 3.05) is 39.3 Å². The van der Waals surface area contributed by atoms with Crippen LogP contribution >= 0.6 is 0 Å². The monoisotopic (exact) mass is 244 g/mol. The number of hydrogen-bond donors (Lipinski definition) is 2. The standard InChI is InChI=1S/C13H28N2O2/c1-13(2,3)17-11-12(16)10-14-6-9-15-7-4-5-8-15/h12,14,16H,4-11H2,1-3H3. The van der Waals surface area contributed by atoms with Crippen LogP contribution in [0, 0.1) is 0 Å². The molecular weight excluding hydrogens is 216 g/mol. The molecule has 1 aliphatic heterocycles. The van der Waals surface area contributed by atoms with Crippen LogP contribution < -0.4 is 5.32 Å². The first-order chi connectivity index (χ1) is 7.97. The van der Waals surface area contributed by atoms with Crippen LogP contribution in [0.3, 0.4) is 0 Å². The molecule has 0 aromatic heterocycles. The molecule has 1 aliphatic rings. The molecule has 1 fully saturated rings. The van der Waals surface area contributed by atoms with E-state index in [1.54, 1.807) is 0 Å². The third-order valence-electron chi connectivity index (χ3n) is 2.89. The highest BCUT2D eigenvalue weighted by atomic mass is 16.5. The van der Waals surface area contributed by atoms with Gasteiger partial charge in [-0.3, -0.25) is 0 Å². The molecule has 1 unspecified atom stereocenters. The van der Waals surface area contributed by atoms with Crippen molar-refractivity contribution in [1.29, 1.82) is 0 Å². The molecule has 1 heterocycles. The van der Waals surface area contributed by atoms with Crippen LogP contribution in [0.4, 0.5) is 0 Å². The average molecular weight is 244 g/mol. The van der Waals surface area contributed by atoms with Gasteiger partial charge in [-0.25, -0.2) is 0 Å². The summed E-state index contributed by atoms with van der Waals surface area (Å²) in [7, 11) is 0. The third kappa shape index (κ3) is 7.71. The van der Waals surface area contributed by atoms with Gasteiger partial charge in [-0.15, -0.1) is 0 Å². The summed E-state index contributed by atoms with van der Waals surface area (Å²) in [6.07, 6.45) is 2.26. The van der Waals surface area contributed by atoms with Crippen molar-refractivity contribution in [3.63, 3.8) is 0 Å². The van der Waals surface area contributed by atoms with Gasteiger partial charge in [0.15, 0.2) is 0 Å². The molecule has 0 spiro atoms. The molecule has 102 valence electrons. The van der Waals surface area contributed by atoms with Crippen molar-refractivity contribution in [3.8, 4) is 0 Å². The van der Waals surface area contributed by atoms with Gasteiger partial charge in [-0.1, -0.05) is 0 Å². The quantitative estimate of drug-likeness (QED) is 0.652. The van der Waals surface area contributed by atoms with E-state index in [0.29, 0.717) is 13.2 Å². The molecule has 0 aromatic carbocycles. The minimum Gasteiger partial charge on any atom is -0.389 e. The maximum atomic E-state index is 9.70. The van der Waals surface area contributed by atoms with E-state index in [9.17, 15) is 5.11 Å². The first-order valence-corrected chi connectivity index (χ1v) is 6.72. The molecule has 0 amide bonds. The van der Waals surface area contributed by atoms with Gasteiger partial charge in [0, 0.05) is 19.6 Å². The summed E-state index contributed by atoms with van der Waals surface area (Å²) in [5, 5.41) is 13.0. The number of aliphatic hydroxyl groups excluding tert-OH is 1. The van der Waals surface area contributed by atoms with E-state index < -0.39 is 6.10 Å². The fourth-order valence-corrected chi connectivity index (χ4v) is 1.92. The molecule has 17 heavy (non-hydrogen) atoms. The third-order valence-corrected chi connectivity index (χ3v) is 2.89. The van der Waals surface area contributed by atoms with Gasteiger partial charge in [0.05, 0.1) is 18.3 Å². The van der Waals surface area contributed by atoms with Crippen molar-refractivity contribution in [1.82, 2.24) is 10.2 Å². The van der Waals surface area contributed by atoms with E-state index in [4.69, 9.17) is 4.74 Å². The molecule has 0 bridgehead atoms. The minimum absolute atomic E-state index is 0.170. The van der Waals surface area contributed by atoms with Crippen molar-refractivity contribution < 1.29 is 9.84 Å². The SMILES string of the molecule is CC(C)(C)OCC(O)CNCCN1CCCC1. The Morgan fingerprint density at radius 1 is 1.29 bits per heavy atom. The molecule has 1 rings (SSSR count). The Morgan fingerprint density at radius 2 is 1.94 bits per heavy atom. The Bertz CT molecular complexity index is 198. The molecule has 0 saturated carbocycles. The Balaban J connectivity index is 1.94. The van der Waals surface area contributed by atoms with Crippen molar-refractivity contribution >= 4 is 0 Å². The normalized spacial score (nSPS) is 19.8. The number of likely N-dealkylation sites (tertiary alicyclic amines) is 1. The highest BCUT2D eigenvalue weighted by molar-refractivity contribution is 4.68. The smallest absolute Gasteiger partial charge is 0.0897 e. The number of rotatable bonds is 7. The highest BCUT2D eigenvalue weighted by Gasteiger charge is 2.14. The van der Waals surface area contributed by atoms with Crippen LogP contribution in [0.2, 0.25) is 0 Å². The van der Waals surface area contributed by atoms with Gasteiger partial charge in [0.1, 0.15) is 0 Å². The predicted molar refractivity (Wildman–Crippen MR) is 70.3 cm³/mol. The first kappa shape index (κ1) is 14.9. The van der Waals surface area contributed by atoms with Crippen LogP contribution in [0.15, 0.2) is 0 Å². The number of hydrogen-bond acceptors (Lipinski definition) is 4. The van der Waals surface area contributed by atoms with Crippen LogP contribution in [-0.2, 0) is 4.74 Å². The molecule has 0 aliphatic carbocycles. The molecule has 2 N–H and O–H groups in total. The fraction of sp³-hybridized carbons (Fsp3) is 1.00. The maximum Gasteiger partial charge on any atom is 0.0897 e. The largest absolute Gasteiger partial charge is 0.389 e. The van der Waals surface area contributed by atoms with Gasteiger partial charge in [0.25, 0.3) is 0 Å². The molecule has 4 nitrogen and oxygen atoms in total. The van der Waals surface area contributed by atoms with E-state index >= 15 is 0 Å². The Kier molecular flexibility index (Phi) is 6.41. The van der Waals surface area contributed by atoms with E-state index in [1.807, 2.05) is 20.8 Å². The van der Waals surface area contributed by atoms with Gasteiger partial charge in [0.2, 0.25) is 0 Å². The second-order valence-corrected chi connectivity index (χ2v) is 5.83. The lowest BCUT2D eigenvalue weighted by molar-refractivity contribution is -0.0478. The van der Waals surface area contributed by atoms with E-state index in [1.165, 1.54) is 25.9 Å². The molecular formula is C13H28N2O2. The molecule has 1 atom stereocenters. The zero-order valence-corrected chi connectivity index (χ0v) is 11.5. The second-order valence-electron chi connectivity index (χ2n) is 5.83. The molecule has 1 saturated heterocycles. The Morgan fingerprint density at radius 3 is 2.53 bits per heavy atom. The Hall–Kier alpha value is -0.160. The van der Waals surface area contributed by atoms with Crippen LogP contribution in [0.5, 0.6) is 0 Å². The summed E-state index contributed by atoms with van der Waals surface area (Å²) in [5.74, 6) is 0. The van der Waals surface area contributed by atoms with E-state index in [2.05, 4.69) is 10.2 Å². The average Bonchev–Trinajstić information content (AvgIpc) is 2.73. The van der Waals surface area contributed by atoms with Gasteiger partial charge < -0.3 is 20.1 Å². The number of nitrogens with zero attached hydrogens (tertiary/aromatic N) is 1. The van der Waals surface area contributed by atoms with Crippen LogP contribution in [0.25, 0.3) is 0 Å². The lowest BCUT2D eigenvalue weighted by atomic mass is 10.2. The summed E-state index contributed by atoms with van der Waals surface area (Å²) >= 11 is 0. The van der Waals surface area contributed by atoms with Crippen molar-refractivity contribution in [2.45, 2.75) is 45.3 Å². The van der Waals surface area contributed by atoms with E-state index in [-0.39, 0.29) is 5.60 Å². The molecule has 0 aromatic rings. The topological polar surface area (TPSA) is 44.7 Å². The summed E-state index contributed by atoms with van der Waals surface area (Å²) in [6.45, 7) is 11.5. The molecule has 0 radical (unpaired) electrons. The fourth-order valence-electron chi connectivity index (χ4n) is 1.92. The van der Waals surface area contributed by atoms with Gasteiger partial charge in [-0.2, -0.15) is 0 Å².